The number of carbonyl (C=O) groups is 1. The van der Waals surface area contributed by atoms with E-state index in [0.29, 0.717) is 22.8 Å². The molecule has 7 heteroatoms. The number of carbonyl (C=O) groups excluding carboxylic acids is 1. The smallest absolute Gasteiger partial charge is 0.268 e. The highest BCUT2D eigenvalue weighted by Crippen LogP contribution is 2.31. The first-order valence-corrected chi connectivity index (χ1v) is 7.15. The number of halogens is 1. The second-order valence-electron chi connectivity index (χ2n) is 3.70. The Labute approximate surface area is 122 Å². The Morgan fingerprint density at radius 2 is 2.21 bits per heavy atom. The van der Waals surface area contributed by atoms with Gasteiger partial charge in [0.1, 0.15) is 5.76 Å². The van der Waals surface area contributed by atoms with Crippen molar-refractivity contribution in [2.45, 2.75) is 10.6 Å². The lowest BCUT2D eigenvalue weighted by molar-refractivity contribution is 0.0952. The molecule has 0 fully saturated rings. The average molecular weight is 342 g/mol. The monoisotopic (exact) mass is 341 g/mol. The van der Waals surface area contributed by atoms with Crippen molar-refractivity contribution in [3.63, 3.8) is 0 Å². The first-order chi connectivity index (χ1) is 9.11. The number of thioether (sulfide) groups is 1. The molecule has 0 aliphatic carbocycles. The van der Waals surface area contributed by atoms with Crippen molar-refractivity contribution < 1.29 is 9.21 Å². The van der Waals surface area contributed by atoms with Gasteiger partial charge in [-0.1, -0.05) is 15.9 Å². The summed E-state index contributed by atoms with van der Waals surface area (Å²) < 4.78 is 6.21. The fourth-order valence-electron chi connectivity index (χ4n) is 1.53. The van der Waals surface area contributed by atoms with Crippen molar-refractivity contribution in [2.24, 2.45) is 5.84 Å². The Kier molecular flexibility index (Phi) is 4.52. The standard InChI is InChI=1S/C12H12BrN3O2S/c13-7-1-2-11(9(14)5-7)19-6-10-8(3-4-18-10)12(17)16-15/h1-5H,6,14-15H2,(H,16,17). The topological polar surface area (TPSA) is 94.3 Å². The molecular weight excluding hydrogens is 330 g/mol. The van der Waals surface area contributed by atoms with E-state index in [4.69, 9.17) is 16.0 Å². The van der Waals surface area contributed by atoms with E-state index in [1.54, 1.807) is 6.07 Å². The number of nitrogen functional groups attached to an aromatic ring is 2. The predicted molar refractivity (Wildman–Crippen MR) is 78.5 cm³/mol. The molecular formula is C12H12BrN3O2S. The zero-order valence-electron chi connectivity index (χ0n) is 9.85. The second kappa shape index (κ2) is 6.14. The van der Waals surface area contributed by atoms with Gasteiger partial charge in [0.05, 0.1) is 17.6 Å². The summed E-state index contributed by atoms with van der Waals surface area (Å²) in [5, 5.41) is 0. The van der Waals surface area contributed by atoms with Crippen LogP contribution in [0.1, 0.15) is 16.1 Å². The van der Waals surface area contributed by atoms with Crippen LogP contribution in [0, 0.1) is 0 Å². The average Bonchev–Trinajstić information content (AvgIpc) is 2.85. The third-order valence-corrected chi connectivity index (χ3v) is 4.03. The van der Waals surface area contributed by atoms with Crippen LogP contribution in [-0.4, -0.2) is 5.91 Å². The molecule has 100 valence electrons. The largest absolute Gasteiger partial charge is 0.468 e. The molecule has 1 aromatic heterocycles. The molecule has 5 nitrogen and oxygen atoms in total. The third kappa shape index (κ3) is 3.31. The first kappa shape index (κ1) is 14.0. The summed E-state index contributed by atoms with van der Waals surface area (Å²) in [4.78, 5) is 12.4. The fraction of sp³-hybridized carbons (Fsp3) is 0.0833. The predicted octanol–water partition coefficient (Wildman–Crippen LogP) is 2.52. The molecule has 0 aliphatic heterocycles. The van der Waals surface area contributed by atoms with E-state index in [-0.39, 0.29) is 5.91 Å². The van der Waals surface area contributed by atoms with Crippen molar-refractivity contribution in [3.8, 4) is 0 Å². The lowest BCUT2D eigenvalue weighted by Gasteiger charge is -2.05. The number of hydrogen-bond donors (Lipinski definition) is 3. The van der Waals surface area contributed by atoms with E-state index in [1.807, 2.05) is 18.2 Å². The lowest BCUT2D eigenvalue weighted by atomic mass is 10.2. The Hall–Kier alpha value is -1.44. The Balaban J connectivity index is 2.10. The molecule has 19 heavy (non-hydrogen) atoms. The summed E-state index contributed by atoms with van der Waals surface area (Å²) in [6, 6.07) is 7.24. The Morgan fingerprint density at radius 3 is 2.89 bits per heavy atom. The number of benzene rings is 1. The van der Waals surface area contributed by atoms with E-state index in [2.05, 4.69) is 21.4 Å². The van der Waals surface area contributed by atoms with Gasteiger partial charge in [-0.05, 0) is 24.3 Å². The van der Waals surface area contributed by atoms with Gasteiger partial charge in [0.25, 0.3) is 5.91 Å². The number of rotatable bonds is 4. The molecule has 0 spiro atoms. The number of anilines is 1. The van der Waals surface area contributed by atoms with Crippen LogP contribution in [-0.2, 0) is 5.75 Å². The van der Waals surface area contributed by atoms with Gasteiger partial charge in [0.15, 0.2) is 0 Å². The third-order valence-electron chi connectivity index (χ3n) is 2.45. The highest BCUT2D eigenvalue weighted by molar-refractivity contribution is 9.10. The summed E-state index contributed by atoms with van der Waals surface area (Å²) in [6.07, 6.45) is 1.46. The summed E-state index contributed by atoms with van der Waals surface area (Å²) in [5.74, 6) is 5.81. The molecule has 1 heterocycles. The summed E-state index contributed by atoms with van der Waals surface area (Å²) in [7, 11) is 0. The van der Waals surface area contributed by atoms with Crippen molar-refractivity contribution in [2.75, 3.05) is 5.73 Å². The molecule has 0 atom stereocenters. The van der Waals surface area contributed by atoms with Crippen LogP contribution in [0.25, 0.3) is 0 Å². The van der Waals surface area contributed by atoms with Gasteiger partial charge in [0, 0.05) is 15.1 Å². The number of hydrazine groups is 1. The SMILES string of the molecule is NNC(=O)c1ccoc1CSc1ccc(Br)cc1N. The van der Waals surface area contributed by atoms with E-state index >= 15 is 0 Å². The molecule has 1 amide bonds. The van der Waals surface area contributed by atoms with Gasteiger partial charge < -0.3 is 10.2 Å². The van der Waals surface area contributed by atoms with Gasteiger partial charge in [-0.15, -0.1) is 11.8 Å². The number of hydrogen-bond acceptors (Lipinski definition) is 5. The normalized spacial score (nSPS) is 10.4. The minimum Gasteiger partial charge on any atom is -0.468 e. The number of furan rings is 1. The summed E-state index contributed by atoms with van der Waals surface area (Å²) in [6.45, 7) is 0. The van der Waals surface area contributed by atoms with Crippen molar-refractivity contribution in [3.05, 3.63) is 46.3 Å². The minimum absolute atomic E-state index is 0.367. The number of nitrogens with two attached hydrogens (primary N) is 2. The van der Waals surface area contributed by atoms with E-state index in [0.717, 1.165) is 9.37 Å². The second-order valence-corrected chi connectivity index (χ2v) is 5.63. The van der Waals surface area contributed by atoms with Crippen molar-refractivity contribution in [1.82, 2.24) is 5.43 Å². The maximum absolute atomic E-state index is 11.5. The Morgan fingerprint density at radius 1 is 1.42 bits per heavy atom. The highest BCUT2D eigenvalue weighted by Gasteiger charge is 2.14. The quantitative estimate of drug-likeness (QED) is 0.261. The maximum Gasteiger partial charge on any atom is 0.268 e. The van der Waals surface area contributed by atoms with Gasteiger partial charge in [-0.2, -0.15) is 0 Å². The number of amides is 1. The summed E-state index contributed by atoms with van der Waals surface area (Å²) in [5.41, 5.74) is 9.10. The molecule has 0 aliphatic rings. The molecule has 0 saturated heterocycles. The molecule has 2 rings (SSSR count). The van der Waals surface area contributed by atoms with Gasteiger partial charge in [-0.25, -0.2) is 5.84 Å². The molecule has 2 aromatic rings. The van der Waals surface area contributed by atoms with Crippen LogP contribution in [0.15, 0.2) is 44.3 Å². The first-order valence-electron chi connectivity index (χ1n) is 5.37. The fourth-order valence-corrected chi connectivity index (χ4v) is 2.81. The molecule has 5 N–H and O–H groups in total. The van der Waals surface area contributed by atoms with E-state index < -0.39 is 0 Å². The van der Waals surface area contributed by atoms with Crippen LogP contribution in [0.5, 0.6) is 0 Å². The maximum atomic E-state index is 11.5. The summed E-state index contributed by atoms with van der Waals surface area (Å²) >= 11 is 4.85. The van der Waals surface area contributed by atoms with Crippen LogP contribution >= 0.6 is 27.7 Å². The Bertz CT molecular complexity index is 600. The van der Waals surface area contributed by atoms with Crippen LogP contribution in [0.2, 0.25) is 0 Å². The minimum atomic E-state index is -0.367. The van der Waals surface area contributed by atoms with Gasteiger partial charge in [0.2, 0.25) is 0 Å². The molecule has 0 bridgehead atoms. The van der Waals surface area contributed by atoms with Crippen molar-refractivity contribution in [1.29, 1.82) is 0 Å². The number of nitrogens with one attached hydrogen (secondary N) is 1. The molecule has 0 saturated carbocycles. The van der Waals surface area contributed by atoms with Crippen LogP contribution < -0.4 is 17.0 Å². The van der Waals surface area contributed by atoms with Gasteiger partial charge in [-0.3, -0.25) is 10.2 Å². The van der Waals surface area contributed by atoms with E-state index in [9.17, 15) is 4.79 Å². The van der Waals surface area contributed by atoms with Gasteiger partial charge >= 0.3 is 0 Å². The lowest BCUT2D eigenvalue weighted by Crippen LogP contribution is -2.30. The van der Waals surface area contributed by atoms with Crippen molar-refractivity contribution >= 4 is 39.3 Å². The highest BCUT2D eigenvalue weighted by atomic mass is 79.9. The molecule has 0 unspecified atom stereocenters. The molecule has 1 aromatic carbocycles. The van der Waals surface area contributed by atoms with E-state index in [1.165, 1.54) is 18.0 Å². The van der Waals surface area contributed by atoms with Crippen LogP contribution in [0.4, 0.5) is 5.69 Å². The zero-order chi connectivity index (χ0) is 13.8. The zero-order valence-corrected chi connectivity index (χ0v) is 12.3. The van der Waals surface area contributed by atoms with Crippen LogP contribution in [0.3, 0.4) is 0 Å². The molecule has 0 radical (unpaired) electrons.